The Morgan fingerprint density at radius 2 is 1.55 bits per heavy atom. The average molecular weight is 477 g/mol. The standard InChI is InChI=1S/C25H21BrN2O3/c26-16-5-1-15(2-6-16)13-31-17-7-3-14(4-8-17)12-27-28-24(29)22-18-9-10-19(21-11-20(18)21)23(22)25(28)30/h1-10,12,18-23H,11,13H2/t18-,19-,20-,21-,22+,23+/m0/s1. The molecule has 1 heterocycles. The van der Waals surface area contributed by atoms with E-state index >= 15 is 0 Å². The molecular weight excluding hydrogens is 456 g/mol. The molecule has 2 aromatic rings. The van der Waals surface area contributed by atoms with Crippen LogP contribution < -0.4 is 4.74 Å². The number of imide groups is 1. The number of carbonyl (C=O) groups is 2. The zero-order chi connectivity index (χ0) is 21.1. The number of carbonyl (C=O) groups excluding carboxylic acids is 2. The Labute approximate surface area is 188 Å². The Morgan fingerprint density at radius 1 is 0.935 bits per heavy atom. The first-order valence-corrected chi connectivity index (χ1v) is 11.5. The second-order valence-corrected chi connectivity index (χ2v) is 9.79. The van der Waals surface area contributed by atoms with Gasteiger partial charge >= 0.3 is 0 Å². The molecule has 1 aliphatic heterocycles. The third-order valence-corrected chi connectivity index (χ3v) is 7.69. The van der Waals surface area contributed by atoms with Crippen LogP contribution in [0.25, 0.3) is 0 Å². The van der Waals surface area contributed by atoms with Crippen molar-refractivity contribution < 1.29 is 14.3 Å². The van der Waals surface area contributed by atoms with E-state index in [0.29, 0.717) is 18.4 Å². The van der Waals surface area contributed by atoms with Gasteiger partial charge in [0.2, 0.25) is 0 Å². The van der Waals surface area contributed by atoms with Gasteiger partial charge < -0.3 is 4.74 Å². The highest BCUT2D eigenvalue weighted by molar-refractivity contribution is 9.10. The Kier molecular flexibility index (Phi) is 4.39. The summed E-state index contributed by atoms with van der Waals surface area (Å²) < 4.78 is 6.86. The van der Waals surface area contributed by atoms with Crippen molar-refractivity contribution in [3.8, 4) is 5.75 Å². The fourth-order valence-electron chi connectivity index (χ4n) is 5.58. The molecule has 2 amide bonds. The van der Waals surface area contributed by atoms with E-state index in [9.17, 15) is 9.59 Å². The van der Waals surface area contributed by atoms with Crippen LogP contribution in [0.15, 0.2) is 70.3 Å². The fourth-order valence-corrected chi connectivity index (χ4v) is 5.84. The number of allylic oxidation sites excluding steroid dienone is 2. The average Bonchev–Trinajstić information content (AvgIpc) is 3.57. The second-order valence-electron chi connectivity index (χ2n) is 8.87. The number of hydrogen-bond acceptors (Lipinski definition) is 4. The van der Waals surface area contributed by atoms with E-state index < -0.39 is 0 Å². The molecule has 4 aliphatic carbocycles. The molecule has 7 rings (SSSR count). The molecule has 0 aromatic heterocycles. The first-order valence-electron chi connectivity index (χ1n) is 10.7. The summed E-state index contributed by atoms with van der Waals surface area (Å²) >= 11 is 3.43. The highest BCUT2D eigenvalue weighted by Gasteiger charge is 2.67. The normalized spacial score (nSPS) is 32.5. The minimum atomic E-state index is -0.210. The number of hydrazone groups is 1. The van der Waals surface area contributed by atoms with Crippen molar-refractivity contribution in [2.45, 2.75) is 13.0 Å². The van der Waals surface area contributed by atoms with Gasteiger partial charge in [0.25, 0.3) is 11.8 Å². The number of halogens is 1. The molecule has 5 aliphatic rings. The molecule has 0 radical (unpaired) electrons. The lowest BCUT2D eigenvalue weighted by Gasteiger charge is -2.37. The lowest BCUT2D eigenvalue weighted by Crippen LogP contribution is -2.40. The Hall–Kier alpha value is -2.73. The van der Waals surface area contributed by atoms with Gasteiger partial charge in [-0.3, -0.25) is 9.59 Å². The van der Waals surface area contributed by atoms with Gasteiger partial charge in [0.05, 0.1) is 18.1 Å². The van der Waals surface area contributed by atoms with Gasteiger partial charge in [-0.15, -0.1) is 0 Å². The van der Waals surface area contributed by atoms with E-state index in [1.165, 1.54) is 0 Å². The van der Waals surface area contributed by atoms with Crippen molar-refractivity contribution in [3.05, 3.63) is 76.3 Å². The van der Waals surface area contributed by atoms with E-state index in [1.807, 2.05) is 48.5 Å². The first kappa shape index (κ1) is 19.0. The summed E-state index contributed by atoms with van der Waals surface area (Å²) in [5.74, 6) is 1.70. The van der Waals surface area contributed by atoms with Crippen molar-refractivity contribution in [3.63, 3.8) is 0 Å². The third-order valence-electron chi connectivity index (χ3n) is 7.16. The maximum atomic E-state index is 13.0. The maximum Gasteiger partial charge on any atom is 0.254 e. The fraction of sp³-hybridized carbons (Fsp3) is 0.320. The molecule has 2 saturated carbocycles. The molecule has 156 valence electrons. The van der Waals surface area contributed by atoms with Crippen LogP contribution in [0.4, 0.5) is 0 Å². The summed E-state index contributed by atoms with van der Waals surface area (Å²) in [6.07, 6.45) is 7.09. The van der Waals surface area contributed by atoms with E-state index in [1.54, 1.807) is 6.21 Å². The van der Waals surface area contributed by atoms with Crippen LogP contribution in [0.5, 0.6) is 5.75 Å². The zero-order valence-electron chi connectivity index (χ0n) is 16.7. The minimum Gasteiger partial charge on any atom is -0.489 e. The lowest BCUT2D eigenvalue weighted by atomic mass is 9.63. The molecule has 6 heteroatoms. The van der Waals surface area contributed by atoms with Crippen molar-refractivity contribution in [2.24, 2.45) is 40.6 Å². The topological polar surface area (TPSA) is 59.0 Å². The smallest absolute Gasteiger partial charge is 0.254 e. The van der Waals surface area contributed by atoms with Gasteiger partial charge in [-0.2, -0.15) is 10.1 Å². The summed E-state index contributed by atoms with van der Waals surface area (Å²) in [7, 11) is 0. The Bertz CT molecular complexity index is 1070. The molecule has 31 heavy (non-hydrogen) atoms. The monoisotopic (exact) mass is 476 g/mol. The molecule has 0 N–H and O–H groups in total. The van der Waals surface area contributed by atoms with Crippen LogP contribution in [0.3, 0.4) is 0 Å². The summed E-state index contributed by atoms with van der Waals surface area (Å²) in [4.78, 5) is 25.9. The predicted molar refractivity (Wildman–Crippen MR) is 119 cm³/mol. The van der Waals surface area contributed by atoms with Crippen LogP contribution in [-0.4, -0.2) is 23.0 Å². The van der Waals surface area contributed by atoms with E-state index in [-0.39, 0.29) is 35.5 Å². The minimum absolute atomic E-state index is 0.134. The predicted octanol–water partition coefficient (Wildman–Crippen LogP) is 4.42. The van der Waals surface area contributed by atoms with Crippen LogP contribution in [0.1, 0.15) is 17.5 Å². The number of rotatable bonds is 5. The lowest BCUT2D eigenvalue weighted by molar-refractivity contribution is -0.140. The third kappa shape index (κ3) is 3.16. The zero-order valence-corrected chi connectivity index (χ0v) is 18.3. The van der Waals surface area contributed by atoms with E-state index in [4.69, 9.17) is 4.74 Å². The molecule has 1 saturated heterocycles. The molecular formula is C25H21BrN2O3. The van der Waals surface area contributed by atoms with Gasteiger partial charge in [0.1, 0.15) is 12.4 Å². The van der Waals surface area contributed by atoms with Crippen molar-refractivity contribution in [2.75, 3.05) is 0 Å². The number of benzene rings is 2. The number of hydrogen-bond donors (Lipinski definition) is 0. The molecule has 2 bridgehead atoms. The van der Waals surface area contributed by atoms with Crippen molar-refractivity contribution in [1.29, 1.82) is 0 Å². The van der Waals surface area contributed by atoms with Gasteiger partial charge in [0.15, 0.2) is 0 Å². The molecule has 0 spiro atoms. The molecule has 3 fully saturated rings. The van der Waals surface area contributed by atoms with Crippen LogP contribution in [-0.2, 0) is 16.2 Å². The van der Waals surface area contributed by atoms with Crippen molar-refractivity contribution >= 4 is 34.0 Å². The maximum absolute atomic E-state index is 13.0. The number of amides is 2. The van der Waals surface area contributed by atoms with Gasteiger partial charge in [-0.25, -0.2) is 0 Å². The van der Waals surface area contributed by atoms with Gasteiger partial charge in [-0.05, 0) is 77.6 Å². The van der Waals surface area contributed by atoms with E-state index in [2.05, 4.69) is 33.2 Å². The summed E-state index contributed by atoms with van der Waals surface area (Å²) in [5.41, 5.74) is 1.90. The number of ether oxygens (including phenoxy) is 1. The van der Waals surface area contributed by atoms with Gasteiger partial charge in [0, 0.05) is 4.47 Å². The number of nitrogens with zero attached hydrogens (tertiary/aromatic N) is 2. The SMILES string of the molecule is O=C1[C@@H]2[C@H]3C=C[C@@H]([C@@H]4C[C@@H]34)[C@H]2C(=O)N1N=Cc1ccc(OCc2ccc(Br)cc2)cc1. The summed E-state index contributed by atoms with van der Waals surface area (Å²) in [6.45, 7) is 0.485. The summed E-state index contributed by atoms with van der Waals surface area (Å²) in [5, 5.41) is 5.40. The van der Waals surface area contributed by atoms with Crippen molar-refractivity contribution in [1.82, 2.24) is 5.01 Å². The first-order chi connectivity index (χ1) is 15.1. The summed E-state index contributed by atoms with van der Waals surface area (Å²) in [6, 6.07) is 15.5. The largest absolute Gasteiger partial charge is 0.489 e. The van der Waals surface area contributed by atoms with Crippen LogP contribution >= 0.6 is 15.9 Å². The van der Waals surface area contributed by atoms with E-state index in [0.717, 1.165) is 32.8 Å². The second kappa shape index (κ2) is 7.16. The Balaban J connectivity index is 1.12. The molecule has 6 atom stereocenters. The molecule has 5 nitrogen and oxygen atoms in total. The van der Waals surface area contributed by atoms with Crippen LogP contribution in [0.2, 0.25) is 0 Å². The highest BCUT2D eigenvalue weighted by Crippen LogP contribution is 2.65. The highest BCUT2D eigenvalue weighted by atomic mass is 79.9. The molecule has 0 unspecified atom stereocenters. The Morgan fingerprint density at radius 3 is 2.16 bits per heavy atom. The quantitative estimate of drug-likeness (QED) is 0.364. The van der Waals surface area contributed by atoms with Crippen LogP contribution in [0, 0.1) is 35.5 Å². The molecule has 2 aromatic carbocycles. The van der Waals surface area contributed by atoms with Gasteiger partial charge in [-0.1, -0.05) is 40.2 Å².